The number of benzene rings is 1. The first-order chi connectivity index (χ1) is 6.77. The van der Waals surface area contributed by atoms with Crippen molar-refractivity contribution in [2.75, 3.05) is 19.6 Å². The van der Waals surface area contributed by atoms with Crippen molar-refractivity contribution in [1.82, 2.24) is 10.6 Å². The summed E-state index contributed by atoms with van der Waals surface area (Å²) in [5.41, 5.74) is 1.27. The molecule has 1 aliphatic heterocycles. The van der Waals surface area contributed by atoms with Crippen LogP contribution in [-0.2, 0) is 0 Å². The zero-order chi connectivity index (χ0) is 9.97. The van der Waals surface area contributed by atoms with Crippen molar-refractivity contribution in [3.63, 3.8) is 0 Å². The molecule has 0 radical (unpaired) electrons. The SMILES string of the molecule is Clc1ccc(C2CNCCN2)cc1Br. The zero-order valence-electron chi connectivity index (χ0n) is 7.69. The van der Waals surface area contributed by atoms with E-state index in [4.69, 9.17) is 11.6 Å². The fourth-order valence-corrected chi connectivity index (χ4v) is 2.13. The molecule has 1 aromatic rings. The molecule has 1 saturated heterocycles. The second-order valence-electron chi connectivity index (χ2n) is 3.38. The zero-order valence-corrected chi connectivity index (χ0v) is 10.0. The van der Waals surface area contributed by atoms with Gasteiger partial charge in [-0.2, -0.15) is 0 Å². The number of nitrogens with one attached hydrogen (secondary N) is 2. The molecule has 0 aromatic heterocycles. The minimum atomic E-state index is 0.400. The molecular formula is C10H12BrClN2. The molecule has 4 heteroatoms. The van der Waals surface area contributed by atoms with Crippen molar-refractivity contribution in [2.24, 2.45) is 0 Å². The summed E-state index contributed by atoms with van der Waals surface area (Å²) in [6, 6.07) is 6.47. The van der Waals surface area contributed by atoms with E-state index in [1.807, 2.05) is 6.07 Å². The molecule has 14 heavy (non-hydrogen) atoms. The summed E-state index contributed by atoms with van der Waals surface area (Å²) >= 11 is 9.37. The highest BCUT2D eigenvalue weighted by Gasteiger charge is 2.14. The molecule has 2 nitrogen and oxygen atoms in total. The van der Waals surface area contributed by atoms with E-state index >= 15 is 0 Å². The molecule has 76 valence electrons. The Morgan fingerprint density at radius 3 is 2.86 bits per heavy atom. The van der Waals surface area contributed by atoms with Crippen LogP contribution in [0.15, 0.2) is 22.7 Å². The summed E-state index contributed by atoms with van der Waals surface area (Å²) in [5, 5.41) is 7.57. The van der Waals surface area contributed by atoms with E-state index in [2.05, 4.69) is 38.7 Å². The first kappa shape index (κ1) is 10.4. The van der Waals surface area contributed by atoms with Gasteiger partial charge in [0.05, 0.1) is 5.02 Å². The minimum Gasteiger partial charge on any atom is -0.314 e. The van der Waals surface area contributed by atoms with Gasteiger partial charge in [-0.1, -0.05) is 17.7 Å². The van der Waals surface area contributed by atoms with E-state index in [0.717, 1.165) is 29.1 Å². The van der Waals surface area contributed by atoms with Crippen molar-refractivity contribution in [1.29, 1.82) is 0 Å². The van der Waals surface area contributed by atoms with Crippen LogP contribution in [0.2, 0.25) is 5.02 Å². The number of hydrogen-bond donors (Lipinski definition) is 2. The summed E-state index contributed by atoms with van der Waals surface area (Å²) in [6.45, 7) is 3.05. The fraction of sp³-hybridized carbons (Fsp3) is 0.400. The van der Waals surface area contributed by atoms with Crippen LogP contribution in [0.4, 0.5) is 0 Å². The lowest BCUT2D eigenvalue weighted by Crippen LogP contribution is -2.42. The summed E-state index contributed by atoms with van der Waals surface area (Å²) in [6.07, 6.45) is 0. The number of rotatable bonds is 1. The smallest absolute Gasteiger partial charge is 0.0548 e. The van der Waals surface area contributed by atoms with Crippen LogP contribution < -0.4 is 10.6 Å². The second kappa shape index (κ2) is 4.62. The molecule has 0 spiro atoms. The lowest BCUT2D eigenvalue weighted by Gasteiger charge is -2.25. The largest absolute Gasteiger partial charge is 0.314 e. The Labute approximate surface area is 97.2 Å². The van der Waals surface area contributed by atoms with E-state index in [0.29, 0.717) is 6.04 Å². The topological polar surface area (TPSA) is 24.1 Å². The van der Waals surface area contributed by atoms with Crippen LogP contribution in [0.5, 0.6) is 0 Å². The van der Waals surface area contributed by atoms with Crippen molar-refractivity contribution in [3.05, 3.63) is 33.3 Å². The van der Waals surface area contributed by atoms with Gasteiger partial charge in [-0.15, -0.1) is 0 Å². The molecule has 1 fully saturated rings. The van der Waals surface area contributed by atoms with Gasteiger partial charge in [0, 0.05) is 30.1 Å². The molecule has 0 saturated carbocycles. The summed E-state index contributed by atoms with van der Waals surface area (Å²) < 4.78 is 0.962. The van der Waals surface area contributed by atoms with E-state index in [-0.39, 0.29) is 0 Å². The van der Waals surface area contributed by atoms with Crippen LogP contribution in [0.1, 0.15) is 11.6 Å². The van der Waals surface area contributed by atoms with Gasteiger partial charge < -0.3 is 10.6 Å². The van der Waals surface area contributed by atoms with Gasteiger partial charge in [-0.3, -0.25) is 0 Å². The average molecular weight is 276 g/mol. The number of hydrogen-bond acceptors (Lipinski definition) is 2. The maximum Gasteiger partial charge on any atom is 0.0548 e. The summed E-state index contributed by atoms with van der Waals surface area (Å²) in [5.74, 6) is 0. The second-order valence-corrected chi connectivity index (χ2v) is 4.65. The van der Waals surface area contributed by atoms with Gasteiger partial charge in [0.1, 0.15) is 0 Å². The molecule has 2 N–H and O–H groups in total. The molecule has 2 rings (SSSR count). The highest BCUT2D eigenvalue weighted by atomic mass is 79.9. The Morgan fingerprint density at radius 2 is 2.21 bits per heavy atom. The molecule has 1 aliphatic rings. The summed E-state index contributed by atoms with van der Waals surface area (Å²) in [7, 11) is 0. The third kappa shape index (κ3) is 2.28. The maximum absolute atomic E-state index is 5.94. The van der Waals surface area contributed by atoms with Gasteiger partial charge in [-0.05, 0) is 33.6 Å². The Balaban J connectivity index is 2.18. The standard InChI is InChI=1S/C10H12BrClN2/c11-8-5-7(1-2-9(8)12)10-6-13-3-4-14-10/h1-2,5,10,13-14H,3-4,6H2. The van der Waals surface area contributed by atoms with E-state index < -0.39 is 0 Å². The molecule has 1 atom stereocenters. The van der Waals surface area contributed by atoms with Gasteiger partial charge >= 0.3 is 0 Å². The van der Waals surface area contributed by atoms with E-state index in [1.54, 1.807) is 0 Å². The van der Waals surface area contributed by atoms with E-state index in [9.17, 15) is 0 Å². The van der Waals surface area contributed by atoms with Crippen LogP contribution >= 0.6 is 27.5 Å². The highest BCUT2D eigenvalue weighted by Crippen LogP contribution is 2.26. The van der Waals surface area contributed by atoms with Gasteiger partial charge in [-0.25, -0.2) is 0 Å². The first-order valence-corrected chi connectivity index (χ1v) is 5.83. The van der Waals surface area contributed by atoms with Gasteiger partial charge in [0.15, 0.2) is 0 Å². The van der Waals surface area contributed by atoms with Crippen LogP contribution in [0.3, 0.4) is 0 Å². The fourth-order valence-electron chi connectivity index (χ4n) is 1.62. The van der Waals surface area contributed by atoms with Crippen molar-refractivity contribution >= 4 is 27.5 Å². The molecule has 0 bridgehead atoms. The minimum absolute atomic E-state index is 0.400. The Hall–Kier alpha value is -0.0900. The predicted octanol–water partition coefficient (Wildman–Crippen LogP) is 2.34. The number of piperazine rings is 1. The van der Waals surface area contributed by atoms with Crippen LogP contribution in [-0.4, -0.2) is 19.6 Å². The highest BCUT2D eigenvalue weighted by molar-refractivity contribution is 9.10. The third-order valence-corrected chi connectivity index (χ3v) is 3.60. The quantitative estimate of drug-likeness (QED) is 0.822. The molecular weight excluding hydrogens is 263 g/mol. The molecule has 0 aliphatic carbocycles. The number of halogens is 2. The first-order valence-electron chi connectivity index (χ1n) is 4.66. The van der Waals surface area contributed by atoms with Crippen molar-refractivity contribution in [3.8, 4) is 0 Å². The van der Waals surface area contributed by atoms with E-state index in [1.165, 1.54) is 5.56 Å². The van der Waals surface area contributed by atoms with Crippen molar-refractivity contribution < 1.29 is 0 Å². The Bertz CT molecular complexity index is 324. The predicted molar refractivity (Wildman–Crippen MR) is 62.8 cm³/mol. The molecule has 1 heterocycles. The van der Waals surface area contributed by atoms with Crippen LogP contribution in [0.25, 0.3) is 0 Å². The summed E-state index contributed by atoms with van der Waals surface area (Å²) in [4.78, 5) is 0. The third-order valence-electron chi connectivity index (χ3n) is 2.39. The monoisotopic (exact) mass is 274 g/mol. The lowest BCUT2D eigenvalue weighted by molar-refractivity contribution is 0.430. The van der Waals surface area contributed by atoms with Crippen molar-refractivity contribution in [2.45, 2.75) is 6.04 Å². The molecule has 1 unspecified atom stereocenters. The van der Waals surface area contributed by atoms with Crippen LogP contribution in [0, 0.1) is 0 Å². The van der Waals surface area contributed by atoms with Gasteiger partial charge in [0.25, 0.3) is 0 Å². The average Bonchev–Trinajstić information content (AvgIpc) is 2.23. The molecule has 0 amide bonds. The lowest BCUT2D eigenvalue weighted by atomic mass is 10.1. The Morgan fingerprint density at radius 1 is 1.36 bits per heavy atom. The maximum atomic E-state index is 5.94. The Kier molecular flexibility index (Phi) is 3.44. The molecule has 1 aromatic carbocycles. The van der Waals surface area contributed by atoms with Gasteiger partial charge in [0.2, 0.25) is 0 Å². The normalized spacial score (nSPS) is 22.3.